The molecule has 0 aliphatic carbocycles. The quantitative estimate of drug-likeness (QED) is 0.669. The molecule has 1 aromatic rings. The standard InChI is InChI=1S/C20H32N2O3S.ClH/c1-15(2)13-22(20(23)12-17-14-26-10-8-21-17)9-7-16-5-6-18(24-3)19(11-16)25-4;/h5-6,11,15,17,21H,7-10,12-14H2,1-4H3;1H. The molecule has 27 heavy (non-hydrogen) atoms. The van der Waals surface area contributed by atoms with Crippen molar-refractivity contribution in [2.45, 2.75) is 32.7 Å². The van der Waals surface area contributed by atoms with Gasteiger partial charge in [-0.25, -0.2) is 0 Å². The number of rotatable bonds is 9. The molecule has 1 N–H and O–H groups in total. The summed E-state index contributed by atoms with van der Waals surface area (Å²) in [4.78, 5) is 14.8. The molecule has 154 valence electrons. The third kappa shape index (κ3) is 7.80. The van der Waals surface area contributed by atoms with Gasteiger partial charge in [-0.3, -0.25) is 4.79 Å². The first-order valence-corrected chi connectivity index (χ1v) is 10.5. The summed E-state index contributed by atoms with van der Waals surface area (Å²) in [5.74, 6) is 4.33. The van der Waals surface area contributed by atoms with Gasteiger partial charge in [-0.2, -0.15) is 11.8 Å². The Kier molecular flexibility index (Phi) is 11.0. The molecular weight excluding hydrogens is 384 g/mol. The van der Waals surface area contributed by atoms with E-state index in [1.165, 1.54) is 0 Å². The molecule has 0 spiro atoms. The molecular formula is C20H33ClN2O3S. The van der Waals surface area contributed by atoms with Crippen LogP contribution in [-0.2, 0) is 11.2 Å². The molecule has 1 fully saturated rings. The van der Waals surface area contributed by atoms with Gasteiger partial charge < -0.3 is 19.7 Å². The van der Waals surface area contributed by atoms with Crippen LogP contribution in [0.25, 0.3) is 0 Å². The zero-order valence-electron chi connectivity index (χ0n) is 16.8. The second-order valence-corrected chi connectivity index (χ2v) is 8.25. The van der Waals surface area contributed by atoms with Crippen LogP contribution in [-0.4, -0.2) is 62.2 Å². The normalized spacial score (nSPS) is 16.6. The molecule has 1 heterocycles. The summed E-state index contributed by atoms with van der Waals surface area (Å²) in [6.07, 6.45) is 1.40. The van der Waals surface area contributed by atoms with E-state index in [-0.39, 0.29) is 18.3 Å². The summed E-state index contributed by atoms with van der Waals surface area (Å²) in [5, 5.41) is 3.46. The van der Waals surface area contributed by atoms with Crippen LogP contribution in [0.5, 0.6) is 11.5 Å². The number of nitrogens with zero attached hydrogens (tertiary/aromatic N) is 1. The molecule has 0 saturated carbocycles. The van der Waals surface area contributed by atoms with E-state index in [1.807, 2.05) is 34.9 Å². The van der Waals surface area contributed by atoms with E-state index in [0.717, 1.165) is 54.6 Å². The van der Waals surface area contributed by atoms with Crippen LogP contribution in [0.1, 0.15) is 25.8 Å². The van der Waals surface area contributed by atoms with Crippen molar-refractivity contribution in [1.29, 1.82) is 0 Å². The number of hydrogen-bond donors (Lipinski definition) is 1. The number of amides is 1. The summed E-state index contributed by atoms with van der Waals surface area (Å²) in [6, 6.07) is 6.26. The molecule has 0 radical (unpaired) electrons. The lowest BCUT2D eigenvalue weighted by Crippen LogP contribution is -2.44. The highest BCUT2D eigenvalue weighted by atomic mass is 35.5. The molecule has 2 rings (SSSR count). The maximum absolute atomic E-state index is 12.8. The van der Waals surface area contributed by atoms with Crippen molar-refractivity contribution in [3.05, 3.63) is 23.8 Å². The van der Waals surface area contributed by atoms with Gasteiger partial charge >= 0.3 is 0 Å². The zero-order valence-corrected chi connectivity index (χ0v) is 18.5. The maximum Gasteiger partial charge on any atom is 0.224 e. The summed E-state index contributed by atoms with van der Waals surface area (Å²) < 4.78 is 10.7. The van der Waals surface area contributed by atoms with E-state index < -0.39 is 0 Å². The second kappa shape index (κ2) is 12.4. The molecule has 1 unspecified atom stereocenters. The Morgan fingerprint density at radius 1 is 1.30 bits per heavy atom. The van der Waals surface area contributed by atoms with E-state index in [9.17, 15) is 4.79 Å². The Balaban J connectivity index is 0.00000364. The average molecular weight is 417 g/mol. The van der Waals surface area contributed by atoms with E-state index in [1.54, 1.807) is 14.2 Å². The van der Waals surface area contributed by atoms with E-state index >= 15 is 0 Å². The summed E-state index contributed by atoms with van der Waals surface area (Å²) in [5.41, 5.74) is 1.15. The summed E-state index contributed by atoms with van der Waals surface area (Å²) in [7, 11) is 3.28. The maximum atomic E-state index is 12.8. The average Bonchev–Trinajstić information content (AvgIpc) is 2.65. The van der Waals surface area contributed by atoms with Crippen LogP contribution in [0.15, 0.2) is 18.2 Å². The van der Waals surface area contributed by atoms with Crippen LogP contribution >= 0.6 is 24.2 Å². The number of halogens is 1. The Hall–Kier alpha value is -1.11. The first kappa shape index (κ1) is 23.9. The highest BCUT2D eigenvalue weighted by Gasteiger charge is 2.21. The minimum atomic E-state index is 0. The number of carbonyl (C=O) groups excluding carboxylic acids is 1. The number of thioether (sulfide) groups is 1. The molecule has 1 aromatic carbocycles. The summed E-state index contributed by atoms with van der Waals surface area (Å²) in [6.45, 7) is 6.84. The van der Waals surface area contributed by atoms with Crippen molar-refractivity contribution < 1.29 is 14.3 Å². The van der Waals surface area contributed by atoms with Crippen LogP contribution < -0.4 is 14.8 Å². The van der Waals surface area contributed by atoms with Gasteiger partial charge in [0.25, 0.3) is 0 Å². The minimum Gasteiger partial charge on any atom is -0.493 e. The first-order valence-electron chi connectivity index (χ1n) is 9.33. The van der Waals surface area contributed by atoms with Crippen molar-refractivity contribution in [2.75, 3.05) is 45.4 Å². The summed E-state index contributed by atoms with van der Waals surface area (Å²) >= 11 is 1.93. The van der Waals surface area contributed by atoms with Gasteiger partial charge in [-0.05, 0) is 30.0 Å². The number of carbonyl (C=O) groups is 1. The van der Waals surface area contributed by atoms with Crippen LogP contribution in [0.2, 0.25) is 0 Å². The molecule has 0 bridgehead atoms. The number of ether oxygens (including phenoxy) is 2. The van der Waals surface area contributed by atoms with E-state index in [2.05, 4.69) is 19.2 Å². The third-order valence-electron chi connectivity index (χ3n) is 4.48. The fraction of sp³-hybridized carbons (Fsp3) is 0.650. The van der Waals surface area contributed by atoms with Gasteiger partial charge in [0.15, 0.2) is 11.5 Å². The van der Waals surface area contributed by atoms with Crippen molar-refractivity contribution in [2.24, 2.45) is 5.92 Å². The van der Waals surface area contributed by atoms with Crippen molar-refractivity contribution >= 4 is 30.1 Å². The smallest absolute Gasteiger partial charge is 0.224 e. The first-order chi connectivity index (χ1) is 12.5. The third-order valence-corrected chi connectivity index (χ3v) is 5.61. The van der Waals surface area contributed by atoms with Gasteiger partial charge in [-0.15, -0.1) is 12.4 Å². The number of methoxy groups -OCH3 is 2. The Morgan fingerprint density at radius 3 is 2.63 bits per heavy atom. The molecule has 1 amide bonds. The second-order valence-electron chi connectivity index (χ2n) is 7.10. The Bertz CT molecular complexity index is 580. The topological polar surface area (TPSA) is 50.8 Å². The number of benzene rings is 1. The Labute approximate surface area is 174 Å². The van der Waals surface area contributed by atoms with Gasteiger partial charge in [-0.1, -0.05) is 19.9 Å². The fourth-order valence-electron chi connectivity index (χ4n) is 3.15. The largest absolute Gasteiger partial charge is 0.493 e. The Morgan fingerprint density at radius 2 is 2.04 bits per heavy atom. The van der Waals surface area contributed by atoms with Crippen molar-refractivity contribution in [1.82, 2.24) is 10.2 Å². The lowest BCUT2D eigenvalue weighted by Gasteiger charge is -2.29. The van der Waals surface area contributed by atoms with Crippen molar-refractivity contribution in [3.8, 4) is 11.5 Å². The predicted molar refractivity (Wildman–Crippen MR) is 116 cm³/mol. The minimum absolute atomic E-state index is 0. The highest BCUT2D eigenvalue weighted by molar-refractivity contribution is 7.99. The molecule has 1 aliphatic rings. The number of nitrogens with one attached hydrogen (secondary N) is 1. The van der Waals surface area contributed by atoms with Crippen LogP contribution in [0.3, 0.4) is 0 Å². The van der Waals surface area contributed by atoms with Gasteiger partial charge in [0.2, 0.25) is 5.91 Å². The van der Waals surface area contributed by atoms with Crippen LogP contribution in [0.4, 0.5) is 0 Å². The monoisotopic (exact) mass is 416 g/mol. The molecule has 5 nitrogen and oxygen atoms in total. The molecule has 7 heteroatoms. The van der Waals surface area contributed by atoms with Gasteiger partial charge in [0.05, 0.1) is 14.2 Å². The van der Waals surface area contributed by atoms with Crippen LogP contribution in [0, 0.1) is 5.92 Å². The fourth-order valence-corrected chi connectivity index (χ4v) is 4.10. The van der Waals surface area contributed by atoms with Gasteiger partial charge in [0.1, 0.15) is 0 Å². The predicted octanol–water partition coefficient (Wildman–Crippen LogP) is 3.25. The lowest BCUT2D eigenvalue weighted by molar-refractivity contribution is -0.132. The molecule has 0 aromatic heterocycles. The zero-order chi connectivity index (χ0) is 18.9. The SMILES string of the molecule is COc1ccc(CCN(CC(C)C)C(=O)CC2CSCCN2)cc1OC.Cl. The molecule has 1 atom stereocenters. The van der Waals surface area contributed by atoms with Gasteiger partial charge in [0, 0.05) is 43.6 Å². The van der Waals surface area contributed by atoms with E-state index in [0.29, 0.717) is 18.4 Å². The molecule has 1 aliphatic heterocycles. The number of hydrogen-bond acceptors (Lipinski definition) is 5. The van der Waals surface area contributed by atoms with E-state index in [4.69, 9.17) is 9.47 Å². The molecule has 1 saturated heterocycles. The van der Waals surface area contributed by atoms with Crippen molar-refractivity contribution in [3.63, 3.8) is 0 Å². The highest BCUT2D eigenvalue weighted by Crippen LogP contribution is 2.27. The lowest BCUT2D eigenvalue weighted by atomic mass is 10.1.